The summed E-state index contributed by atoms with van der Waals surface area (Å²) in [6.07, 6.45) is 5.62. The summed E-state index contributed by atoms with van der Waals surface area (Å²) in [6, 6.07) is 13.8. The van der Waals surface area contributed by atoms with Crippen LogP contribution in [0.5, 0.6) is 0 Å². The van der Waals surface area contributed by atoms with Gasteiger partial charge in [0.1, 0.15) is 5.69 Å². The normalized spacial score (nSPS) is 10.4. The van der Waals surface area contributed by atoms with Gasteiger partial charge in [0.05, 0.1) is 10.7 Å². The molecule has 0 spiro atoms. The molecule has 2 aromatic heterocycles. The smallest absolute Gasteiger partial charge is 0.274 e. The molecule has 7 heteroatoms. The Labute approximate surface area is 168 Å². The summed E-state index contributed by atoms with van der Waals surface area (Å²) in [7, 11) is 1.73. The molecule has 2 heterocycles. The van der Waals surface area contributed by atoms with Crippen molar-refractivity contribution in [2.75, 3.05) is 18.9 Å². The molecule has 0 aliphatic rings. The number of hydrogen-bond acceptors (Lipinski definition) is 4. The number of pyridine rings is 2. The van der Waals surface area contributed by atoms with Gasteiger partial charge in [-0.25, -0.2) is 0 Å². The van der Waals surface area contributed by atoms with Crippen molar-refractivity contribution in [1.29, 1.82) is 0 Å². The van der Waals surface area contributed by atoms with Crippen molar-refractivity contribution >= 4 is 29.1 Å². The second-order valence-electron chi connectivity index (χ2n) is 6.20. The summed E-state index contributed by atoms with van der Waals surface area (Å²) in [4.78, 5) is 34.8. The molecule has 0 atom stereocenters. The number of nitrogens with zero attached hydrogens (tertiary/aromatic N) is 3. The van der Waals surface area contributed by atoms with Gasteiger partial charge in [0.25, 0.3) is 11.8 Å². The number of aromatic nitrogens is 2. The summed E-state index contributed by atoms with van der Waals surface area (Å²) in [5.41, 5.74) is 2.14. The van der Waals surface area contributed by atoms with E-state index >= 15 is 0 Å². The minimum absolute atomic E-state index is 0.147. The monoisotopic (exact) mass is 394 g/mol. The van der Waals surface area contributed by atoms with Crippen molar-refractivity contribution in [2.24, 2.45) is 0 Å². The van der Waals surface area contributed by atoms with Crippen LogP contribution >= 0.6 is 11.6 Å². The third kappa shape index (κ3) is 4.92. The SMILES string of the molecule is CN(CCc1ccncc1)C(=O)c1ccnc(C(=O)Nc2ccccc2Cl)c1. The maximum Gasteiger partial charge on any atom is 0.274 e. The topological polar surface area (TPSA) is 75.2 Å². The number of likely N-dealkylation sites (N-methyl/N-ethyl adjacent to an activating group) is 1. The zero-order valence-electron chi connectivity index (χ0n) is 15.3. The number of carbonyl (C=O) groups excluding carboxylic acids is 2. The lowest BCUT2D eigenvalue weighted by atomic mass is 10.1. The van der Waals surface area contributed by atoms with E-state index in [1.54, 1.807) is 54.7 Å². The van der Waals surface area contributed by atoms with E-state index in [2.05, 4.69) is 15.3 Å². The van der Waals surface area contributed by atoms with E-state index in [1.165, 1.54) is 12.3 Å². The van der Waals surface area contributed by atoms with Crippen LogP contribution in [0.25, 0.3) is 0 Å². The van der Waals surface area contributed by atoms with Crippen LogP contribution in [0.1, 0.15) is 26.4 Å². The molecule has 0 bridgehead atoms. The van der Waals surface area contributed by atoms with Gasteiger partial charge in [-0.15, -0.1) is 0 Å². The third-order valence-corrected chi connectivity index (χ3v) is 4.52. The van der Waals surface area contributed by atoms with Gasteiger partial charge in [0.15, 0.2) is 0 Å². The Kier molecular flexibility index (Phi) is 6.34. The van der Waals surface area contributed by atoms with Gasteiger partial charge in [-0.3, -0.25) is 19.6 Å². The van der Waals surface area contributed by atoms with Crippen molar-refractivity contribution in [3.05, 3.63) is 89.0 Å². The fourth-order valence-electron chi connectivity index (χ4n) is 2.60. The summed E-state index contributed by atoms with van der Waals surface area (Å²) >= 11 is 6.06. The molecule has 1 N–H and O–H groups in total. The second kappa shape index (κ2) is 9.10. The highest BCUT2D eigenvalue weighted by atomic mass is 35.5. The molecule has 6 nitrogen and oxygen atoms in total. The maximum atomic E-state index is 12.7. The molecule has 2 amide bonds. The van der Waals surface area contributed by atoms with Gasteiger partial charge in [-0.1, -0.05) is 23.7 Å². The predicted molar refractivity (Wildman–Crippen MR) is 109 cm³/mol. The molecule has 142 valence electrons. The molecule has 0 radical (unpaired) electrons. The summed E-state index contributed by atoms with van der Waals surface area (Å²) in [5.74, 6) is -0.606. The number of halogens is 1. The zero-order valence-corrected chi connectivity index (χ0v) is 16.1. The van der Waals surface area contributed by atoms with Crippen molar-refractivity contribution in [1.82, 2.24) is 14.9 Å². The lowest BCUT2D eigenvalue weighted by Crippen LogP contribution is -2.29. The lowest BCUT2D eigenvalue weighted by molar-refractivity contribution is 0.0796. The fourth-order valence-corrected chi connectivity index (χ4v) is 2.79. The van der Waals surface area contributed by atoms with E-state index in [4.69, 9.17) is 11.6 Å². The van der Waals surface area contributed by atoms with E-state index in [-0.39, 0.29) is 11.6 Å². The molecule has 0 saturated carbocycles. The van der Waals surface area contributed by atoms with E-state index < -0.39 is 5.91 Å². The summed E-state index contributed by atoms with van der Waals surface area (Å²) in [5, 5.41) is 3.13. The molecule has 3 aromatic rings. The van der Waals surface area contributed by atoms with E-state index in [0.29, 0.717) is 22.8 Å². The minimum Gasteiger partial charge on any atom is -0.341 e. The molecular weight excluding hydrogens is 376 g/mol. The van der Waals surface area contributed by atoms with Gasteiger partial charge >= 0.3 is 0 Å². The van der Waals surface area contributed by atoms with Gasteiger partial charge in [0, 0.05) is 37.7 Å². The van der Waals surface area contributed by atoms with Crippen molar-refractivity contribution in [2.45, 2.75) is 6.42 Å². The first-order valence-electron chi connectivity index (χ1n) is 8.71. The molecule has 0 saturated heterocycles. The van der Waals surface area contributed by atoms with Crippen LogP contribution in [-0.4, -0.2) is 40.3 Å². The first-order chi connectivity index (χ1) is 13.5. The Balaban J connectivity index is 1.67. The molecule has 0 fully saturated rings. The molecule has 0 aliphatic carbocycles. The Hall–Kier alpha value is -3.25. The van der Waals surface area contributed by atoms with Crippen LogP contribution < -0.4 is 5.32 Å². The maximum absolute atomic E-state index is 12.7. The third-order valence-electron chi connectivity index (χ3n) is 4.19. The average molecular weight is 395 g/mol. The standard InChI is InChI=1S/C21H19ClN4O2/c1-26(13-9-15-6-10-23-11-7-15)21(28)16-8-12-24-19(14-16)20(27)25-18-5-3-2-4-17(18)22/h2-8,10-12,14H,9,13H2,1H3,(H,25,27). The Morgan fingerprint density at radius 2 is 1.82 bits per heavy atom. The van der Waals surface area contributed by atoms with E-state index in [9.17, 15) is 9.59 Å². The number of anilines is 1. The molecule has 0 unspecified atom stereocenters. The predicted octanol–water partition coefficient (Wildman–Crippen LogP) is 3.70. The molecule has 28 heavy (non-hydrogen) atoms. The zero-order chi connectivity index (χ0) is 19.9. The quantitative estimate of drug-likeness (QED) is 0.691. The number of amides is 2. The van der Waals surface area contributed by atoms with Crippen LogP contribution in [0.15, 0.2) is 67.1 Å². The minimum atomic E-state index is -0.429. The van der Waals surface area contributed by atoms with Crippen LogP contribution in [-0.2, 0) is 6.42 Å². The van der Waals surface area contributed by atoms with Crippen LogP contribution in [0.2, 0.25) is 5.02 Å². The highest BCUT2D eigenvalue weighted by molar-refractivity contribution is 6.33. The van der Waals surface area contributed by atoms with Gasteiger partial charge in [-0.05, 0) is 48.4 Å². The number of nitrogens with one attached hydrogen (secondary N) is 1. The molecular formula is C21H19ClN4O2. The highest BCUT2D eigenvalue weighted by Gasteiger charge is 2.16. The van der Waals surface area contributed by atoms with Crippen LogP contribution in [0.4, 0.5) is 5.69 Å². The van der Waals surface area contributed by atoms with Gasteiger partial charge < -0.3 is 10.2 Å². The van der Waals surface area contributed by atoms with Crippen LogP contribution in [0, 0.1) is 0 Å². The van der Waals surface area contributed by atoms with Crippen LogP contribution in [0.3, 0.4) is 0 Å². The van der Waals surface area contributed by atoms with Crippen molar-refractivity contribution < 1.29 is 9.59 Å². The average Bonchev–Trinajstić information content (AvgIpc) is 2.74. The summed E-state index contributed by atoms with van der Waals surface area (Å²) in [6.45, 7) is 0.548. The van der Waals surface area contributed by atoms with Gasteiger partial charge in [0.2, 0.25) is 0 Å². The van der Waals surface area contributed by atoms with Gasteiger partial charge in [-0.2, -0.15) is 0 Å². The Morgan fingerprint density at radius 3 is 2.57 bits per heavy atom. The summed E-state index contributed by atoms with van der Waals surface area (Å²) < 4.78 is 0. The number of benzene rings is 1. The van der Waals surface area contributed by atoms with E-state index in [1.807, 2.05) is 12.1 Å². The number of rotatable bonds is 6. The lowest BCUT2D eigenvalue weighted by Gasteiger charge is -2.17. The molecule has 3 rings (SSSR count). The Bertz CT molecular complexity index is 979. The fraction of sp³-hybridized carbons (Fsp3) is 0.143. The first-order valence-corrected chi connectivity index (χ1v) is 9.08. The number of para-hydroxylation sites is 1. The van der Waals surface area contributed by atoms with Crippen molar-refractivity contribution in [3.63, 3.8) is 0 Å². The Morgan fingerprint density at radius 1 is 1.07 bits per heavy atom. The number of carbonyl (C=O) groups is 2. The first kappa shape index (κ1) is 19.5. The molecule has 0 aliphatic heterocycles. The van der Waals surface area contributed by atoms with Crippen molar-refractivity contribution in [3.8, 4) is 0 Å². The van der Waals surface area contributed by atoms with E-state index in [0.717, 1.165) is 12.0 Å². The highest BCUT2D eigenvalue weighted by Crippen LogP contribution is 2.21. The molecule has 1 aromatic carbocycles. The number of hydrogen-bond donors (Lipinski definition) is 1. The second-order valence-corrected chi connectivity index (χ2v) is 6.60. The largest absolute Gasteiger partial charge is 0.341 e.